The van der Waals surface area contributed by atoms with Crippen LogP contribution in [0.3, 0.4) is 0 Å². The zero-order valence-electron chi connectivity index (χ0n) is 10.9. The van der Waals surface area contributed by atoms with Crippen molar-refractivity contribution in [2.24, 2.45) is 0 Å². The second kappa shape index (κ2) is 5.61. The Hall–Kier alpha value is -2.23. The lowest BCUT2D eigenvalue weighted by Crippen LogP contribution is -1.97. The Morgan fingerprint density at radius 1 is 1.11 bits per heavy atom. The number of nitrogen functional groups attached to an aromatic ring is 1. The maximum absolute atomic E-state index is 13.3. The maximum atomic E-state index is 13.3. The quantitative estimate of drug-likeness (QED) is 0.852. The smallest absolute Gasteiger partial charge is 0.169 e. The van der Waals surface area contributed by atoms with Gasteiger partial charge in [0.1, 0.15) is 11.5 Å². The summed E-state index contributed by atoms with van der Waals surface area (Å²) in [6.07, 6.45) is 0.902. The minimum absolute atomic E-state index is 0.0101. The second-order valence-corrected chi connectivity index (χ2v) is 4.09. The molecule has 0 heterocycles. The van der Waals surface area contributed by atoms with Crippen molar-refractivity contribution in [2.45, 2.75) is 13.3 Å². The minimum Gasteiger partial charge on any atom is -0.493 e. The molecule has 0 aliphatic heterocycles. The summed E-state index contributed by atoms with van der Waals surface area (Å²) in [5.41, 5.74) is 6.76. The highest BCUT2D eigenvalue weighted by atomic mass is 19.1. The fourth-order valence-corrected chi connectivity index (χ4v) is 1.74. The van der Waals surface area contributed by atoms with E-state index in [1.165, 1.54) is 6.07 Å². The van der Waals surface area contributed by atoms with E-state index < -0.39 is 5.82 Å². The number of para-hydroxylation sites is 1. The first-order valence-corrected chi connectivity index (χ1v) is 6.04. The Morgan fingerprint density at radius 3 is 2.58 bits per heavy atom. The predicted molar refractivity (Wildman–Crippen MR) is 73.3 cm³/mol. The molecule has 0 radical (unpaired) electrons. The van der Waals surface area contributed by atoms with Crippen molar-refractivity contribution in [1.82, 2.24) is 0 Å². The molecule has 0 saturated carbocycles. The van der Waals surface area contributed by atoms with Gasteiger partial charge in [0.2, 0.25) is 0 Å². The number of anilines is 1. The molecule has 100 valence electrons. The summed E-state index contributed by atoms with van der Waals surface area (Å²) < 4.78 is 24.2. The van der Waals surface area contributed by atoms with Gasteiger partial charge in [0.05, 0.1) is 7.11 Å². The Bertz CT molecular complexity index is 584. The molecule has 0 spiro atoms. The van der Waals surface area contributed by atoms with E-state index in [-0.39, 0.29) is 11.4 Å². The average Bonchev–Trinajstić information content (AvgIpc) is 2.44. The second-order valence-electron chi connectivity index (χ2n) is 4.09. The van der Waals surface area contributed by atoms with Crippen LogP contribution >= 0.6 is 0 Å². The van der Waals surface area contributed by atoms with Crippen LogP contribution in [0.5, 0.6) is 17.2 Å². The van der Waals surface area contributed by atoms with Crippen LogP contribution in [0.1, 0.15) is 12.5 Å². The van der Waals surface area contributed by atoms with E-state index in [1.807, 2.05) is 12.1 Å². The highest BCUT2D eigenvalue weighted by molar-refractivity contribution is 5.56. The Balaban J connectivity index is 2.35. The molecule has 19 heavy (non-hydrogen) atoms. The van der Waals surface area contributed by atoms with E-state index >= 15 is 0 Å². The maximum Gasteiger partial charge on any atom is 0.169 e. The minimum atomic E-state index is -0.498. The Morgan fingerprint density at radius 2 is 1.89 bits per heavy atom. The van der Waals surface area contributed by atoms with Crippen LogP contribution in [0.25, 0.3) is 0 Å². The van der Waals surface area contributed by atoms with Crippen LogP contribution in [-0.2, 0) is 6.42 Å². The summed E-state index contributed by atoms with van der Waals surface area (Å²) in [5, 5.41) is 0. The summed E-state index contributed by atoms with van der Waals surface area (Å²) in [6, 6.07) is 10.1. The lowest BCUT2D eigenvalue weighted by molar-refractivity contribution is 0.378. The number of rotatable bonds is 4. The monoisotopic (exact) mass is 261 g/mol. The summed E-state index contributed by atoms with van der Waals surface area (Å²) in [4.78, 5) is 0. The van der Waals surface area contributed by atoms with Gasteiger partial charge >= 0.3 is 0 Å². The third-order valence-corrected chi connectivity index (χ3v) is 2.87. The average molecular weight is 261 g/mol. The van der Waals surface area contributed by atoms with Gasteiger partial charge in [0.15, 0.2) is 17.2 Å². The van der Waals surface area contributed by atoms with Crippen molar-refractivity contribution in [3.63, 3.8) is 0 Å². The van der Waals surface area contributed by atoms with Gasteiger partial charge in [0.25, 0.3) is 0 Å². The predicted octanol–water partition coefficient (Wildman–Crippen LogP) is 3.77. The number of hydrogen-bond donors (Lipinski definition) is 1. The van der Waals surface area contributed by atoms with Crippen LogP contribution in [0, 0.1) is 5.82 Å². The van der Waals surface area contributed by atoms with Crippen molar-refractivity contribution in [3.8, 4) is 17.2 Å². The number of ether oxygens (including phenoxy) is 2. The molecule has 2 aromatic rings. The van der Waals surface area contributed by atoms with Gasteiger partial charge in [-0.2, -0.15) is 0 Å². The van der Waals surface area contributed by atoms with E-state index in [2.05, 4.69) is 6.92 Å². The van der Waals surface area contributed by atoms with Crippen molar-refractivity contribution in [1.29, 1.82) is 0 Å². The van der Waals surface area contributed by atoms with Gasteiger partial charge in [0, 0.05) is 0 Å². The molecule has 2 rings (SSSR count). The molecular weight excluding hydrogens is 245 g/mol. The molecule has 4 heteroatoms. The van der Waals surface area contributed by atoms with Crippen molar-refractivity contribution >= 4 is 5.69 Å². The normalized spacial score (nSPS) is 10.3. The van der Waals surface area contributed by atoms with Gasteiger partial charge in [-0.05, 0) is 36.2 Å². The molecule has 0 bridgehead atoms. The Kier molecular flexibility index (Phi) is 3.90. The lowest BCUT2D eigenvalue weighted by atomic mass is 10.1. The topological polar surface area (TPSA) is 44.5 Å². The first-order valence-electron chi connectivity index (χ1n) is 6.04. The largest absolute Gasteiger partial charge is 0.493 e. The van der Waals surface area contributed by atoms with E-state index in [0.29, 0.717) is 11.5 Å². The number of nitrogens with two attached hydrogens (primary N) is 1. The summed E-state index contributed by atoms with van der Waals surface area (Å²) in [6.45, 7) is 2.06. The number of hydrogen-bond acceptors (Lipinski definition) is 3. The zero-order chi connectivity index (χ0) is 13.8. The number of halogens is 1. The Labute approximate surface area is 111 Å². The van der Waals surface area contributed by atoms with Crippen LogP contribution in [0.4, 0.5) is 10.1 Å². The van der Waals surface area contributed by atoms with Crippen molar-refractivity contribution in [2.75, 3.05) is 12.8 Å². The SMILES string of the molecule is CCc1ccc(Oc2cccc(F)c2N)c(OC)c1. The van der Waals surface area contributed by atoms with E-state index in [9.17, 15) is 4.39 Å². The highest BCUT2D eigenvalue weighted by Gasteiger charge is 2.10. The van der Waals surface area contributed by atoms with Crippen molar-refractivity contribution in [3.05, 3.63) is 47.8 Å². The number of methoxy groups -OCH3 is 1. The molecule has 0 atom stereocenters. The molecular formula is C15H16FNO2. The first-order chi connectivity index (χ1) is 9.15. The summed E-state index contributed by atoms with van der Waals surface area (Å²) in [5.74, 6) is 0.893. The first kappa shape index (κ1) is 13.2. The fraction of sp³-hybridized carbons (Fsp3) is 0.200. The number of aryl methyl sites for hydroxylation is 1. The van der Waals surface area contributed by atoms with E-state index in [0.717, 1.165) is 12.0 Å². The summed E-state index contributed by atoms with van der Waals surface area (Å²) in [7, 11) is 1.57. The highest BCUT2D eigenvalue weighted by Crippen LogP contribution is 2.35. The third kappa shape index (κ3) is 2.78. The molecule has 0 fully saturated rings. The molecule has 0 aliphatic rings. The van der Waals surface area contributed by atoms with Crippen molar-refractivity contribution < 1.29 is 13.9 Å². The van der Waals surface area contributed by atoms with Crippen LogP contribution in [0.15, 0.2) is 36.4 Å². The molecule has 0 aliphatic carbocycles. The summed E-state index contributed by atoms with van der Waals surface area (Å²) >= 11 is 0. The molecule has 0 saturated heterocycles. The van der Waals surface area contributed by atoms with E-state index in [1.54, 1.807) is 25.3 Å². The van der Waals surface area contributed by atoms with Gasteiger partial charge < -0.3 is 15.2 Å². The standard InChI is InChI=1S/C15H16FNO2/c1-3-10-7-8-12(14(9-10)18-2)19-13-6-4-5-11(16)15(13)17/h4-9H,3,17H2,1-2H3. The van der Waals surface area contributed by atoms with Crippen LogP contribution in [-0.4, -0.2) is 7.11 Å². The molecule has 2 aromatic carbocycles. The van der Waals surface area contributed by atoms with Crippen LogP contribution < -0.4 is 15.2 Å². The molecule has 0 amide bonds. The molecule has 0 unspecified atom stereocenters. The molecule has 0 aromatic heterocycles. The molecule has 2 N–H and O–H groups in total. The zero-order valence-corrected chi connectivity index (χ0v) is 10.9. The molecule has 3 nitrogen and oxygen atoms in total. The third-order valence-electron chi connectivity index (χ3n) is 2.87. The van der Waals surface area contributed by atoms with E-state index in [4.69, 9.17) is 15.2 Å². The van der Waals surface area contributed by atoms with Gasteiger partial charge in [-0.3, -0.25) is 0 Å². The van der Waals surface area contributed by atoms with Crippen LogP contribution in [0.2, 0.25) is 0 Å². The number of benzene rings is 2. The van der Waals surface area contributed by atoms with Gasteiger partial charge in [-0.25, -0.2) is 4.39 Å². The van der Waals surface area contributed by atoms with Gasteiger partial charge in [-0.15, -0.1) is 0 Å². The lowest BCUT2D eigenvalue weighted by Gasteiger charge is -2.13. The van der Waals surface area contributed by atoms with Gasteiger partial charge in [-0.1, -0.05) is 19.1 Å². The fourth-order valence-electron chi connectivity index (χ4n) is 1.74.